The van der Waals surface area contributed by atoms with E-state index in [9.17, 15) is 13.2 Å². The van der Waals surface area contributed by atoms with Crippen molar-refractivity contribution < 1.29 is 13.2 Å². The highest BCUT2D eigenvalue weighted by atomic mass is 35.5. The van der Waals surface area contributed by atoms with Gasteiger partial charge in [0.2, 0.25) is 15.9 Å². The van der Waals surface area contributed by atoms with Crippen molar-refractivity contribution in [1.82, 2.24) is 4.31 Å². The fourth-order valence-corrected chi connectivity index (χ4v) is 5.31. The molecule has 1 aliphatic heterocycles. The van der Waals surface area contributed by atoms with Crippen molar-refractivity contribution in [3.8, 4) is 0 Å². The maximum absolute atomic E-state index is 13.0. The number of aryl methyl sites for hydroxylation is 1. The highest BCUT2D eigenvalue weighted by Gasteiger charge is 2.27. The first kappa shape index (κ1) is 21.9. The van der Waals surface area contributed by atoms with Crippen LogP contribution < -0.4 is 10.6 Å². The number of carbonyl (C=O) groups is 1. The molecule has 1 amide bonds. The van der Waals surface area contributed by atoms with Gasteiger partial charge in [-0.1, -0.05) is 35.7 Å². The molecule has 3 rings (SSSR count). The Morgan fingerprint density at radius 2 is 1.79 bits per heavy atom. The van der Waals surface area contributed by atoms with Gasteiger partial charge in [0.25, 0.3) is 0 Å². The van der Waals surface area contributed by atoms with Crippen molar-refractivity contribution in [3.63, 3.8) is 0 Å². The number of hydrogen-bond donors (Lipinski definition) is 2. The van der Waals surface area contributed by atoms with E-state index in [1.54, 1.807) is 43.3 Å². The van der Waals surface area contributed by atoms with Crippen LogP contribution in [0.4, 0.5) is 11.4 Å². The molecule has 1 fully saturated rings. The van der Waals surface area contributed by atoms with Gasteiger partial charge in [0.1, 0.15) is 0 Å². The molecule has 0 aromatic heterocycles. The number of nitrogens with one attached hydrogen (secondary N) is 2. The van der Waals surface area contributed by atoms with Crippen LogP contribution >= 0.6 is 23.2 Å². The maximum atomic E-state index is 13.0. The molecule has 0 radical (unpaired) electrons. The van der Waals surface area contributed by atoms with E-state index in [1.165, 1.54) is 4.31 Å². The highest BCUT2D eigenvalue weighted by Crippen LogP contribution is 2.27. The number of halogens is 2. The van der Waals surface area contributed by atoms with Crippen LogP contribution in [-0.4, -0.2) is 38.3 Å². The summed E-state index contributed by atoms with van der Waals surface area (Å²) in [6, 6.07) is 9.88. The summed E-state index contributed by atoms with van der Waals surface area (Å²) in [6.45, 7) is 2.81. The lowest BCUT2D eigenvalue weighted by Gasteiger charge is -2.26. The van der Waals surface area contributed by atoms with Gasteiger partial charge in [0, 0.05) is 23.8 Å². The van der Waals surface area contributed by atoms with Crippen LogP contribution in [0.3, 0.4) is 0 Å². The van der Waals surface area contributed by atoms with Crippen LogP contribution in [0, 0.1) is 6.92 Å². The van der Waals surface area contributed by atoms with Crippen LogP contribution in [0.25, 0.3) is 0 Å². The minimum atomic E-state index is -3.55. The van der Waals surface area contributed by atoms with E-state index in [0.29, 0.717) is 40.1 Å². The third kappa shape index (κ3) is 5.42. The van der Waals surface area contributed by atoms with Crippen molar-refractivity contribution in [3.05, 3.63) is 52.0 Å². The Bertz CT molecular complexity index is 1010. The second-order valence-electron chi connectivity index (χ2n) is 6.97. The maximum Gasteiger partial charge on any atom is 0.243 e. The molecule has 1 saturated heterocycles. The normalized spacial score (nSPS) is 15.1. The number of carbonyl (C=O) groups excluding carboxylic acids is 1. The largest absolute Gasteiger partial charge is 0.376 e. The third-order valence-corrected chi connectivity index (χ3v) is 7.38. The second-order valence-corrected chi connectivity index (χ2v) is 9.72. The summed E-state index contributed by atoms with van der Waals surface area (Å²) < 4.78 is 27.5. The molecule has 1 aliphatic rings. The summed E-state index contributed by atoms with van der Waals surface area (Å²) in [5.74, 6) is -0.324. The first-order valence-corrected chi connectivity index (χ1v) is 11.6. The minimum absolute atomic E-state index is 0.0465. The fourth-order valence-electron chi connectivity index (χ4n) is 3.20. The summed E-state index contributed by atoms with van der Waals surface area (Å²) in [4.78, 5) is 12.5. The lowest BCUT2D eigenvalue weighted by molar-refractivity contribution is -0.114. The molecule has 0 saturated carbocycles. The molecular formula is C20H23Cl2N3O3S. The van der Waals surface area contributed by atoms with E-state index in [1.807, 2.05) is 0 Å². The van der Waals surface area contributed by atoms with Crippen LogP contribution in [0.1, 0.15) is 24.8 Å². The zero-order chi connectivity index (χ0) is 21.0. The smallest absolute Gasteiger partial charge is 0.243 e. The Labute approximate surface area is 181 Å². The zero-order valence-electron chi connectivity index (χ0n) is 16.0. The molecule has 0 bridgehead atoms. The van der Waals surface area contributed by atoms with Crippen LogP contribution in [0.5, 0.6) is 0 Å². The van der Waals surface area contributed by atoms with Crippen molar-refractivity contribution in [2.45, 2.75) is 31.1 Å². The predicted molar refractivity (Wildman–Crippen MR) is 117 cm³/mol. The molecule has 9 heteroatoms. The summed E-state index contributed by atoms with van der Waals surface area (Å²) in [6.07, 6.45) is 2.81. The van der Waals surface area contributed by atoms with Crippen molar-refractivity contribution >= 4 is 50.5 Å². The monoisotopic (exact) mass is 455 g/mol. The number of nitrogens with zero attached hydrogens (tertiary/aromatic N) is 1. The molecule has 156 valence electrons. The van der Waals surface area contributed by atoms with Gasteiger partial charge in [-0.25, -0.2) is 8.42 Å². The van der Waals surface area contributed by atoms with Crippen LogP contribution in [0.15, 0.2) is 41.3 Å². The second kappa shape index (κ2) is 9.34. The predicted octanol–water partition coefficient (Wildman–Crippen LogP) is 4.53. The average Bonchev–Trinajstić information content (AvgIpc) is 2.70. The topological polar surface area (TPSA) is 78.5 Å². The quantitative estimate of drug-likeness (QED) is 0.670. The average molecular weight is 456 g/mol. The summed E-state index contributed by atoms with van der Waals surface area (Å²) in [5.41, 5.74) is 1.65. The highest BCUT2D eigenvalue weighted by molar-refractivity contribution is 7.89. The Kier molecular flexibility index (Phi) is 7.05. The van der Waals surface area contributed by atoms with E-state index in [-0.39, 0.29) is 17.3 Å². The number of amides is 1. The molecule has 6 nitrogen and oxygen atoms in total. The minimum Gasteiger partial charge on any atom is -0.376 e. The summed E-state index contributed by atoms with van der Waals surface area (Å²) >= 11 is 12.0. The van der Waals surface area contributed by atoms with Crippen molar-refractivity contribution in [2.24, 2.45) is 0 Å². The summed E-state index contributed by atoms with van der Waals surface area (Å²) in [5, 5.41) is 6.50. The Morgan fingerprint density at radius 3 is 2.52 bits per heavy atom. The van der Waals surface area contributed by atoms with Crippen LogP contribution in [-0.2, 0) is 14.8 Å². The van der Waals surface area contributed by atoms with E-state index in [4.69, 9.17) is 23.2 Å². The molecule has 0 aliphatic carbocycles. The van der Waals surface area contributed by atoms with Crippen LogP contribution in [0.2, 0.25) is 10.0 Å². The molecule has 1 heterocycles. The molecule has 2 N–H and O–H groups in total. The van der Waals surface area contributed by atoms with Gasteiger partial charge in [-0.15, -0.1) is 0 Å². The Hall–Kier alpha value is -1.80. The molecule has 2 aromatic carbocycles. The van der Waals surface area contributed by atoms with E-state index < -0.39 is 10.0 Å². The molecule has 0 unspecified atom stereocenters. The van der Waals surface area contributed by atoms with Gasteiger partial charge < -0.3 is 10.6 Å². The first-order valence-electron chi connectivity index (χ1n) is 9.37. The summed E-state index contributed by atoms with van der Waals surface area (Å²) in [7, 11) is -3.55. The van der Waals surface area contributed by atoms with Crippen molar-refractivity contribution in [2.75, 3.05) is 30.3 Å². The Morgan fingerprint density at radius 1 is 1.07 bits per heavy atom. The first-order chi connectivity index (χ1) is 13.8. The number of benzene rings is 2. The van der Waals surface area contributed by atoms with Gasteiger partial charge in [-0.2, -0.15) is 4.31 Å². The van der Waals surface area contributed by atoms with Gasteiger partial charge in [0.15, 0.2) is 0 Å². The van der Waals surface area contributed by atoms with Crippen molar-refractivity contribution in [1.29, 1.82) is 0 Å². The fraction of sp³-hybridized carbons (Fsp3) is 0.350. The third-order valence-electron chi connectivity index (χ3n) is 4.78. The number of rotatable bonds is 6. The standard InChI is InChI=1S/C20H23Cl2N3O3S/c1-14-5-7-16(12-19(14)29(27,28)25-9-3-2-4-10-25)23-13-20(26)24-18-11-15(21)6-8-17(18)22/h5-8,11-12,23H,2-4,9-10,13H2,1H3,(H,24,26). The molecular weight excluding hydrogens is 433 g/mol. The number of hydrogen-bond acceptors (Lipinski definition) is 4. The van der Waals surface area contributed by atoms with E-state index in [2.05, 4.69) is 10.6 Å². The number of anilines is 2. The van der Waals surface area contributed by atoms with Gasteiger partial charge in [-0.05, 0) is 55.7 Å². The number of piperidine rings is 1. The van der Waals surface area contributed by atoms with E-state index >= 15 is 0 Å². The van der Waals surface area contributed by atoms with Gasteiger partial charge in [-0.3, -0.25) is 4.79 Å². The zero-order valence-corrected chi connectivity index (χ0v) is 18.4. The lowest BCUT2D eigenvalue weighted by atomic mass is 10.2. The molecule has 2 aromatic rings. The van der Waals surface area contributed by atoms with Gasteiger partial charge >= 0.3 is 0 Å². The SMILES string of the molecule is Cc1ccc(NCC(=O)Nc2cc(Cl)ccc2Cl)cc1S(=O)(=O)N1CCCCC1. The Balaban J connectivity index is 1.69. The lowest BCUT2D eigenvalue weighted by Crippen LogP contribution is -2.36. The molecule has 0 atom stereocenters. The number of sulfonamides is 1. The molecule has 0 spiro atoms. The van der Waals surface area contributed by atoms with Gasteiger partial charge in [0.05, 0.1) is 22.2 Å². The molecule has 29 heavy (non-hydrogen) atoms. The van der Waals surface area contributed by atoms with E-state index in [0.717, 1.165) is 19.3 Å².